The number of halogens is 1. The Morgan fingerprint density at radius 3 is 2.56 bits per heavy atom. The summed E-state index contributed by atoms with van der Waals surface area (Å²) >= 11 is 0. The number of methoxy groups -OCH3 is 1. The van der Waals surface area contributed by atoms with Gasteiger partial charge in [-0.1, -0.05) is 6.92 Å². The Kier molecular flexibility index (Phi) is 6.78. The van der Waals surface area contributed by atoms with E-state index < -0.39 is 0 Å². The standard InChI is InChI=1S/C24H27FN4O3/c1-3-4-21(30)32-19-11-9-18(10-12-19)29-15-27-22(16-5-7-17(25)8-6-16)23(29)20-13-14-26-24(28-20)31-2/h5-8,13-15,18-19H,3-4,9-12H2,1-2H3. The second-order valence-corrected chi connectivity index (χ2v) is 7.95. The van der Waals surface area contributed by atoms with E-state index in [0.29, 0.717) is 12.1 Å². The van der Waals surface area contributed by atoms with Gasteiger partial charge >= 0.3 is 12.0 Å². The highest BCUT2D eigenvalue weighted by atomic mass is 19.1. The average Bonchev–Trinajstić information content (AvgIpc) is 3.25. The fourth-order valence-electron chi connectivity index (χ4n) is 4.17. The minimum Gasteiger partial charge on any atom is -0.467 e. The molecule has 1 saturated carbocycles. The third kappa shape index (κ3) is 4.79. The molecule has 0 N–H and O–H groups in total. The van der Waals surface area contributed by atoms with Gasteiger partial charge < -0.3 is 14.0 Å². The molecule has 0 bridgehead atoms. The first-order valence-electron chi connectivity index (χ1n) is 11.0. The minimum atomic E-state index is -0.297. The molecule has 0 amide bonds. The lowest BCUT2D eigenvalue weighted by Crippen LogP contribution is -2.26. The van der Waals surface area contributed by atoms with Crippen molar-refractivity contribution >= 4 is 5.97 Å². The Morgan fingerprint density at radius 2 is 1.88 bits per heavy atom. The van der Waals surface area contributed by atoms with Crippen LogP contribution in [0.1, 0.15) is 51.5 Å². The quantitative estimate of drug-likeness (QED) is 0.484. The SMILES string of the molecule is CCCC(=O)OC1CCC(n2cnc(-c3ccc(F)cc3)c2-c2ccnc(OC)n2)CC1. The molecule has 2 aromatic heterocycles. The van der Waals surface area contributed by atoms with E-state index in [1.807, 2.05) is 19.3 Å². The molecule has 0 saturated heterocycles. The Labute approximate surface area is 186 Å². The van der Waals surface area contributed by atoms with Crippen LogP contribution in [0.2, 0.25) is 0 Å². The largest absolute Gasteiger partial charge is 0.467 e. The summed E-state index contributed by atoms with van der Waals surface area (Å²) in [5.74, 6) is -0.416. The third-order valence-corrected chi connectivity index (χ3v) is 5.76. The highest BCUT2D eigenvalue weighted by Crippen LogP contribution is 2.38. The molecule has 1 aliphatic rings. The van der Waals surface area contributed by atoms with Gasteiger partial charge in [0.05, 0.1) is 30.5 Å². The van der Waals surface area contributed by atoms with Crippen LogP contribution in [0, 0.1) is 5.82 Å². The number of hydrogen-bond acceptors (Lipinski definition) is 6. The lowest BCUT2D eigenvalue weighted by molar-refractivity contribution is -0.150. The van der Waals surface area contributed by atoms with Crippen LogP contribution in [0.3, 0.4) is 0 Å². The number of imidazole rings is 1. The summed E-state index contributed by atoms with van der Waals surface area (Å²) in [6.45, 7) is 1.97. The van der Waals surface area contributed by atoms with E-state index in [0.717, 1.165) is 49.1 Å². The van der Waals surface area contributed by atoms with Gasteiger partial charge in [-0.2, -0.15) is 4.98 Å². The molecule has 4 rings (SSSR count). The smallest absolute Gasteiger partial charge is 0.316 e. The van der Waals surface area contributed by atoms with E-state index in [-0.39, 0.29) is 29.9 Å². The summed E-state index contributed by atoms with van der Waals surface area (Å²) < 4.78 is 26.5. The Bertz CT molecular complexity index is 1060. The van der Waals surface area contributed by atoms with Crippen LogP contribution >= 0.6 is 0 Å². The summed E-state index contributed by atoms with van der Waals surface area (Å²) in [5, 5.41) is 0. The fourth-order valence-corrected chi connectivity index (χ4v) is 4.17. The first-order chi connectivity index (χ1) is 15.6. The van der Waals surface area contributed by atoms with E-state index in [9.17, 15) is 9.18 Å². The molecule has 168 valence electrons. The summed E-state index contributed by atoms with van der Waals surface area (Å²) in [5.41, 5.74) is 3.05. The number of carbonyl (C=O) groups is 1. The Balaban J connectivity index is 1.64. The predicted octanol–water partition coefficient (Wildman–Crippen LogP) is 4.98. The highest BCUT2D eigenvalue weighted by molar-refractivity contribution is 5.77. The first-order valence-corrected chi connectivity index (χ1v) is 11.0. The van der Waals surface area contributed by atoms with Crippen LogP contribution in [-0.4, -0.2) is 38.7 Å². The molecule has 0 radical (unpaired) electrons. The van der Waals surface area contributed by atoms with Crippen molar-refractivity contribution < 1.29 is 18.7 Å². The number of carbonyl (C=O) groups excluding carboxylic acids is 1. The topological polar surface area (TPSA) is 79.1 Å². The van der Waals surface area contributed by atoms with Gasteiger partial charge in [-0.05, 0) is 62.4 Å². The Morgan fingerprint density at radius 1 is 1.12 bits per heavy atom. The monoisotopic (exact) mass is 438 g/mol. The average molecular weight is 439 g/mol. The van der Waals surface area contributed by atoms with Crippen molar-refractivity contribution in [1.82, 2.24) is 19.5 Å². The van der Waals surface area contributed by atoms with Crippen LogP contribution in [0.4, 0.5) is 4.39 Å². The van der Waals surface area contributed by atoms with Gasteiger partial charge in [-0.15, -0.1) is 0 Å². The van der Waals surface area contributed by atoms with E-state index >= 15 is 0 Å². The molecule has 1 fully saturated rings. The van der Waals surface area contributed by atoms with Crippen molar-refractivity contribution in [3.63, 3.8) is 0 Å². The van der Waals surface area contributed by atoms with Gasteiger partial charge in [0, 0.05) is 24.2 Å². The second-order valence-electron chi connectivity index (χ2n) is 7.95. The molecule has 8 heteroatoms. The van der Waals surface area contributed by atoms with Crippen molar-refractivity contribution in [2.24, 2.45) is 0 Å². The lowest BCUT2D eigenvalue weighted by atomic mass is 9.92. The molecule has 7 nitrogen and oxygen atoms in total. The lowest BCUT2D eigenvalue weighted by Gasteiger charge is -2.30. The van der Waals surface area contributed by atoms with Crippen molar-refractivity contribution in [2.45, 2.75) is 57.6 Å². The van der Waals surface area contributed by atoms with E-state index in [4.69, 9.17) is 9.47 Å². The predicted molar refractivity (Wildman–Crippen MR) is 117 cm³/mol. The molecule has 32 heavy (non-hydrogen) atoms. The maximum atomic E-state index is 13.5. The fraction of sp³-hybridized carbons (Fsp3) is 0.417. The van der Waals surface area contributed by atoms with Gasteiger partial charge in [0.2, 0.25) is 0 Å². The second kappa shape index (κ2) is 9.89. The maximum absolute atomic E-state index is 13.5. The molecular formula is C24H27FN4O3. The zero-order valence-electron chi connectivity index (χ0n) is 18.3. The van der Waals surface area contributed by atoms with Gasteiger partial charge in [0.1, 0.15) is 11.9 Å². The number of nitrogens with zero attached hydrogens (tertiary/aromatic N) is 4. The highest BCUT2D eigenvalue weighted by Gasteiger charge is 2.28. The molecule has 1 aromatic carbocycles. The van der Waals surface area contributed by atoms with Gasteiger partial charge in [0.15, 0.2) is 0 Å². The number of esters is 1. The van der Waals surface area contributed by atoms with Crippen LogP contribution in [0.25, 0.3) is 22.6 Å². The van der Waals surface area contributed by atoms with Crippen LogP contribution in [-0.2, 0) is 9.53 Å². The molecule has 0 unspecified atom stereocenters. The maximum Gasteiger partial charge on any atom is 0.316 e. The van der Waals surface area contributed by atoms with Crippen LogP contribution < -0.4 is 4.74 Å². The molecular weight excluding hydrogens is 411 g/mol. The summed E-state index contributed by atoms with van der Waals surface area (Å²) in [6, 6.07) is 8.56. The van der Waals surface area contributed by atoms with Crippen LogP contribution in [0.5, 0.6) is 6.01 Å². The van der Waals surface area contributed by atoms with E-state index in [1.165, 1.54) is 19.2 Å². The summed E-state index contributed by atoms with van der Waals surface area (Å²) in [7, 11) is 1.53. The molecule has 2 heterocycles. The number of rotatable bonds is 7. The van der Waals surface area contributed by atoms with Crippen molar-refractivity contribution in [3.05, 3.63) is 48.7 Å². The molecule has 0 aliphatic heterocycles. The van der Waals surface area contributed by atoms with Crippen molar-refractivity contribution in [1.29, 1.82) is 0 Å². The summed E-state index contributed by atoms with van der Waals surface area (Å²) in [6.07, 6.45) is 8.01. The third-order valence-electron chi connectivity index (χ3n) is 5.76. The number of benzene rings is 1. The first kappa shape index (κ1) is 21.9. The Hall–Kier alpha value is -3.29. The van der Waals surface area contributed by atoms with Crippen molar-refractivity contribution in [2.75, 3.05) is 7.11 Å². The normalized spacial score (nSPS) is 18.3. The van der Waals surface area contributed by atoms with E-state index in [2.05, 4.69) is 19.5 Å². The number of ether oxygens (including phenoxy) is 2. The molecule has 3 aromatic rings. The zero-order chi connectivity index (χ0) is 22.5. The van der Waals surface area contributed by atoms with Gasteiger partial charge in [0.25, 0.3) is 0 Å². The number of aromatic nitrogens is 4. The molecule has 0 atom stereocenters. The van der Waals surface area contributed by atoms with Gasteiger partial charge in [-0.3, -0.25) is 4.79 Å². The van der Waals surface area contributed by atoms with Crippen LogP contribution in [0.15, 0.2) is 42.9 Å². The van der Waals surface area contributed by atoms with E-state index in [1.54, 1.807) is 18.3 Å². The molecule has 0 spiro atoms. The van der Waals surface area contributed by atoms with Crippen molar-refractivity contribution in [3.8, 4) is 28.7 Å². The summed E-state index contributed by atoms with van der Waals surface area (Å²) in [4.78, 5) is 25.2. The molecule has 1 aliphatic carbocycles. The zero-order valence-corrected chi connectivity index (χ0v) is 18.3. The van der Waals surface area contributed by atoms with Gasteiger partial charge in [-0.25, -0.2) is 14.4 Å². The minimum absolute atomic E-state index is 0.0343. The number of hydrogen-bond donors (Lipinski definition) is 0.